The van der Waals surface area contributed by atoms with Gasteiger partial charge in [-0.3, -0.25) is 14.3 Å². The Kier molecular flexibility index (Phi) is 7.37. The Bertz CT molecular complexity index is 945. The van der Waals surface area contributed by atoms with Gasteiger partial charge in [-0.25, -0.2) is 0 Å². The average Bonchev–Trinajstić information content (AvgIpc) is 3.15. The number of hydrogen-bond acceptors (Lipinski definition) is 6. The molecule has 0 radical (unpaired) electrons. The minimum Gasteiger partial charge on any atom is -0.385 e. The molecule has 0 saturated heterocycles. The van der Waals surface area contributed by atoms with E-state index in [1.54, 1.807) is 19.5 Å². The SMILES string of the molecule is COCCCNC(=O)C(C)Sc1nnc(-c2cccnc2)n1-c1ccccc1C. The molecule has 1 N–H and O–H groups in total. The second-order valence-corrected chi connectivity index (χ2v) is 7.88. The van der Waals surface area contributed by atoms with Gasteiger partial charge in [0, 0.05) is 38.2 Å². The summed E-state index contributed by atoms with van der Waals surface area (Å²) in [5.74, 6) is 0.663. The third-order valence-electron chi connectivity index (χ3n) is 4.39. The molecule has 3 rings (SSSR count). The van der Waals surface area contributed by atoms with Crippen LogP contribution in [-0.2, 0) is 9.53 Å². The molecule has 29 heavy (non-hydrogen) atoms. The smallest absolute Gasteiger partial charge is 0.233 e. The Morgan fingerprint density at radius 3 is 2.79 bits per heavy atom. The summed E-state index contributed by atoms with van der Waals surface area (Å²) in [5.41, 5.74) is 2.94. The molecule has 1 unspecified atom stereocenters. The van der Waals surface area contributed by atoms with Crippen molar-refractivity contribution >= 4 is 17.7 Å². The van der Waals surface area contributed by atoms with Gasteiger partial charge in [0.2, 0.25) is 5.91 Å². The fourth-order valence-electron chi connectivity index (χ4n) is 2.84. The zero-order valence-electron chi connectivity index (χ0n) is 16.8. The van der Waals surface area contributed by atoms with Gasteiger partial charge in [-0.1, -0.05) is 30.0 Å². The van der Waals surface area contributed by atoms with Crippen LogP contribution in [0.25, 0.3) is 17.1 Å². The predicted octanol–water partition coefficient (Wildman–Crippen LogP) is 3.27. The molecule has 3 aromatic rings. The van der Waals surface area contributed by atoms with Crippen LogP contribution in [0, 0.1) is 6.92 Å². The molecule has 0 fully saturated rings. The van der Waals surface area contributed by atoms with Gasteiger partial charge in [-0.2, -0.15) is 0 Å². The van der Waals surface area contributed by atoms with Crippen molar-refractivity contribution in [1.82, 2.24) is 25.1 Å². The van der Waals surface area contributed by atoms with Gasteiger partial charge in [-0.15, -0.1) is 10.2 Å². The van der Waals surface area contributed by atoms with E-state index in [1.165, 1.54) is 11.8 Å². The van der Waals surface area contributed by atoms with E-state index in [0.717, 1.165) is 23.2 Å². The van der Waals surface area contributed by atoms with Gasteiger partial charge in [0.1, 0.15) is 0 Å². The number of para-hydroxylation sites is 1. The summed E-state index contributed by atoms with van der Waals surface area (Å²) < 4.78 is 7.01. The van der Waals surface area contributed by atoms with Crippen LogP contribution in [0.15, 0.2) is 53.9 Å². The summed E-state index contributed by atoms with van der Waals surface area (Å²) in [7, 11) is 1.65. The summed E-state index contributed by atoms with van der Waals surface area (Å²) in [6.45, 7) is 5.13. The maximum atomic E-state index is 12.5. The molecular weight excluding hydrogens is 386 g/mol. The van der Waals surface area contributed by atoms with Gasteiger partial charge in [0.05, 0.1) is 10.9 Å². The minimum absolute atomic E-state index is 0.0339. The molecule has 2 aromatic heterocycles. The molecule has 1 amide bonds. The molecule has 8 heteroatoms. The van der Waals surface area contributed by atoms with Gasteiger partial charge < -0.3 is 10.1 Å². The van der Waals surface area contributed by atoms with E-state index in [1.807, 2.05) is 54.8 Å². The van der Waals surface area contributed by atoms with Crippen LogP contribution in [0.2, 0.25) is 0 Å². The molecule has 1 aromatic carbocycles. The van der Waals surface area contributed by atoms with E-state index in [-0.39, 0.29) is 11.2 Å². The minimum atomic E-state index is -0.314. The first-order chi connectivity index (χ1) is 14.1. The number of amides is 1. The zero-order chi connectivity index (χ0) is 20.6. The first kappa shape index (κ1) is 21.0. The van der Waals surface area contributed by atoms with Crippen molar-refractivity contribution < 1.29 is 9.53 Å². The Morgan fingerprint density at radius 1 is 1.24 bits per heavy atom. The molecule has 152 valence electrons. The van der Waals surface area contributed by atoms with Crippen LogP contribution >= 0.6 is 11.8 Å². The fraction of sp³-hybridized carbons (Fsp3) is 0.333. The molecule has 0 saturated carbocycles. The maximum absolute atomic E-state index is 12.5. The largest absolute Gasteiger partial charge is 0.385 e. The van der Waals surface area contributed by atoms with Crippen molar-refractivity contribution in [3.8, 4) is 17.1 Å². The molecule has 2 heterocycles. The number of methoxy groups -OCH3 is 1. The van der Waals surface area contributed by atoms with Crippen LogP contribution < -0.4 is 5.32 Å². The summed E-state index contributed by atoms with van der Waals surface area (Å²) in [4.78, 5) is 16.7. The van der Waals surface area contributed by atoms with E-state index in [0.29, 0.717) is 24.1 Å². The number of ether oxygens (including phenoxy) is 1. The second kappa shape index (κ2) is 10.2. The van der Waals surface area contributed by atoms with Crippen LogP contribution in [0.4, 0.5) is 0 Å². The van der Waals surface area contributed by atoms with E-state index in [9.17, 15) is 4.79 Å². The van der Waals surface area contributed by atoms with Crippen molar-refractivity contribution in [1.29, 1.82) is 0 Å². The van der Waals surface area contributed by atoms with Crippen molar-refractivity contribution in [2.75, 3.05) is 20.3 Å². The number of carbonyl (C=O) groups excluding carboxylic acids is 1. The summed E-state index contributed by atoms with van der Waals surface area (Å²) >= 11 is 1.39. The molecule has 1 atom stereocenters. The number of nitrogens with one attached hydrogen (secondary N) is 1. The second-order valence-electron chi connectivity index (χ2n) is 6.57. The molecule has 7 nitrogen and oxygen atoms in total. The lowest BCUT2D eigenvalue weighted by molar-refractivity contribution is -0.120. The molecule has 0 aliphatic carbocycles. The molecular formula is C21H25N5O2S. The predicted molar refractivity (Wildman–Crippen MR) is 114 cm³/mol. The van der Waals surface area contributed by atoms with Crippen LogP contribution in [0.3, 0.4) is 0 Å². The number of hydrogen-bond donors (Lipinski definition) is 1. The highest BCUT2D eigenvalue weighted by Crippen LogP contribution is 2.31. The lowest BCUT2D eigenvalue weighted by Crippen LogP contribution is -2.32. The fourth-order valence-corrected chi connectivity index (χ4v) is 3.73. The molecule has 0 bridgehead atoms. The third-order valence-corrected chi connectivity index (χ3v) is 5.43. The Hall–Kier alpha value is -2.71. The van der Waals surface area contributed by atoms with Crippen LogP contribution in [-0.4, -0.2) is 51.2 Å². The number of thioether (sulfide) groups is 1. The van der Waals surface area contributed by atoms with Gasteiger partial charge in [0.25, 0.3) is 0 Å². The molecule has 0 aliphatic rings. The summed E-state index contributed by atoms with van der Waals surface area (Å²) in [6, 6.07) is 11.9. The van der Waals surface area contributed by atoms with Crippen molar-refractivity contribution in [3.05, 3.63) is 54.4 Å². The summed E-state index contributed by atoms with van der Waals surface area (Å²) in [6.07, 6.45) is 4.27. The molecule has 0 spiro atoms. The highest BCUT2D eigenvalue weighted by molar-refractivity contribution is 8.00. The lowest BCUT2D eigenvalue weighted by Gasteiger charge is -2.15. The number of aromatic nitrogens is 4. The standard InChI is InChI=1S/C21H25N5O2S/c1-15-8-4-5-10-18(15)26-19(17-9-6-11-22-14-17)24-25-21(26)29-16(2)20(27)23-12-7-13-28-3/h4-6,8-11,14,16H,7,12-13H2,1-3H3,(H,23,27). The van der Waals surface area contributed by atoms with Crippen molar-refractivity contribution in [3.63, 3.8) is 0 Å². The number of carbonyl (C=O) groups is 1. The van der Waals surface area contributed by atoms with E-state index < -0.39 is 0 Å². The van der Waals surface area contributed by atoms with E-state index >= 15 is 0 Å². The van der Waals surface area contributed by atoms with Crippen molar-refractivity contribution in [2.45, 2.75) is 30.7 Å². The van der Waals surface area contributed by atoms with Crippen LogP contribution in [0.5, 0.6) is 0 Å². The number of pyridine rings is 1. The summed E-state index contributed by atoms with van der Waals surface area (Å²) in [5, 5.41) is 12.1. The van der Waals surface area contributed by atoms with Crippen LogP contribution in [0.1, 0.15) is 18.9 Å². The first-order valence-electron chi connectivity index (χ1n) is 9.47. The maximum Gasteiger partial charge on any atom is 0.233 e. The topological polar surface area (TPSA) is 81.9 Å². The first-order valence-corrected chi connectivity index (χ1v) is 10.3. The number of benzene rings is 1. The van der Waals surface area contributed by atoms with Gasteiger partial charge in [-0.05, 0) is 44.0 Å². The normalized spacial score (nSPS) is 12.0. The van der Waals surface area contributed by atoms with E-state index in [2.05, 4.69) is 20.5 Å². The van der Waals surface area contributed by atoms with E-state index in [4.69, 9.17) is 4.74 Å². The Balaban J connectivity index is 1.88. The number of aryl methyl sites for hydroxylation is 1. The monoisotopic (exact) mass is 411 g/mol. The number of rotatable bonds is 9. The number of nitrogens with zero attached hydrogens (tertiary/aromatic N) is 4. The van der Waals surface area contributed by atoms with Crippen molar-refractivity contribution in [2.24, 2.45) is 0 Å². The molecule has 0 aliphatic heterocycles. The highest BCUT2D eigenvalue weighted by atomic mass is 32.2. The Labute approximate surface area is 174 Å². The Morgan fingerprint density at radius 2 is 2.07 bits per heavy atom. The third kappa shape index (κ3) is 5.21. The zero-order valence-corrected chi connectivity index (χ0v) is 17.6. The quantitative estimate of drug-likeness (QED) is 0.430. The highest BCUT2D eigenvalue weighted by Gasteiger charge is 2.22. The van der Waals surface area contributed by atoms with Gasteiger partial charge >= 0.3 is 0 Å². The average molecular weight is 412 g/mol. The van der Waals surface area contributed by atoms with Gasteiger partial charge in [0.15, 0.2) is 11.0 Å². The lowest BCUT2D eigenvalue weighted by atomic mass is 10.2.